The van der Waals surface area contributed by atoms with Gasteiger partial charge in [-0.15, -0.1) is 0 Å². The molecule has 15 nitrogen and oxygen atoms in total. The zero-order valence-electron chi connectivity index (χ0n) is 24.6. The molecule has 5 N–H and O–H groups in total. The maximum absolute atomic E-state index is 15.2. The molecular formula is C28H33F2N5O10. The number of aromatic nitrogens is 2. The fraction of sp³-hybridized carbons (Fsp3) is 0.429. The van der Waals surface area contributed by atoms with Crippen molar-refractivity contribution >= 4 is 40.4 Å². The van der Waals surface area contributed by atoms with E-state index in [1.54, 1.807) is 6.20 Å². The van der Waals surface area contributed by atoms with Crippen molar-refractivity contribution in [1.29, 1.82) is 0 Å². The van der Waals surface area contributed by atoms with Gasteiger partial charge in [0.2, 0.25) is 0 Å². The molecule has 2 atom stereocenters. The molecule has 17 heteroatoms. The molecule has 45 heavy (non-hydrogen) atoms. The van der Waals surface area contributed by atoms with Crippen molar-refractivity contribution in [2.75, 3.05) is 56.9 Å². The summed E-state index contributed by atoms with van der Waals surface area (Å²) in [5.74, 6) is -5.91. The number of fused-ring (bicyclic) bond motifs is 3. The van der Waals surface area contributed by atoms with Crippen LogP contribution in [0.3, 0.4) is 0 Å². The fourth-order valence-electron chi connectivity index (χ4n) is 5.00. The van der Waals surface area contributed by atoms with Gasteiger partial charge >= 0.3 is 18.0 Å². The zero-order valence-corrected chi connectivity index (χ0v) is 24.6. The van der Waals surface area contributed by atoms with E-state index < -0.39 is 47.5 Å². The first-order valence-electron chi connectivity index (χ1n) is 13.7. The van der Waals surface area contributed by atoms with Crippen LogP contribution in [-0.4, -0.2) is 113 Å². The first-order chi connectivity index (χ1) is 21.4. The van der Waals surface area contributed by atoms with E-state index in [-0.39, 0.29) is 18.0 Å². The van der Waals surface area contributed by atoms with E-state index in [1.165, 1.54) is 19.1 Å². The number of pyridine rings is 1. The summed E-state index contributed by atoms with van der Waals surface area (Å²) >= 11 is 0. The fourth-order valence-corrected chi connectivity index (χ4v) is 5.00. The Labute approximate surface area is 255 Å². The monoisotopic (exact) mass is 637 g/mol. The first kappa shape index (κ1) is 33.3. The molecule has 1 aromatic carbocycles. The normalized spacial score (nSPS) is 16.5. The quantitative estimate of drug-likeness (QED) is 0.227. The number of aliphatic hydroxyl groups excluding tert-OH is 2. The maximum atomic E-state index is 15.2. The Balaban J connectivity index is 0.000000399. The third-order valence-electron chi connectivity index (χ3n) is 7.26. The molecule has 2 aromatic heterocycles. The van der Waals surface area contributed by atoms with Crippen molar-refractivity contribution < 1.29 is 57.8 Å². The summed E-state index contributed by atoms with van der Waals surface area (Å²) in [6.45, 7) is 5.86. The number of nitrogens with one attached hydrogen (secondary N) is 1. The van der Waals surface area contributed by atoms with Gasteiger partial charge in [0.15, 0.2) is 35.3 Å². The molecule has 244 valence electrons. The number of rotatable bonds is 9. The molecule has 1 saturated heterocycles. The SMILES string of the molecule is CCN1C(=O)N(c2c(F)c(OC)cc(OC)c2F)Cc2cnc3[nH]c(CN4CCOCC4)cc3c21.O=C(O)[C@H](O)[C@@H](O)C(=O)O. The minimum Gasteiger partial charge on any atom is -0.493 e. The lowest BCUT2D eigenvalue weighted by molar-refractivity contribution is -0.165. The summed E-state index contributed by atoms with van der Waals surface area (Å²) in [5.41, 5.74) is 2.49. The Morgan fingerprint density at radius 2 is 1.60 bits per heavy atom. The van der Waals surface area contributed by atoms with Gasteiger partial charge in [-0.2, -0.15) is 0 Å². The number of nitrogens with zero attached hydrogens (tertiary/aromatic N) is 4. The molecule has 0 aliphatic carbocycles. The second-order valence-electron chi connectivity index (χ2n) is 10.0. The largest absolute Gasteiger partial charge is 0.493 e. The highest BCUT2D eigenvalue weighted by Crippen LogP contribution is 2.42. The molecule has 2 aliphatic heterocycles. The van der Waals surface area contributed by atoms with Crippen LogP contribution in [-0.2, 0) is 27.4 Å². The van der Waals surface area contributed by atoms with Crippen molar-refractivity contribution in [3.8, 4) is 11.5 Å². The molecular weight excluding hydrogens is 604 g/mol. The van der Waals surface area contributed by atoms with Gasteiger partial charge in [-0.05, 0) is 13.0 Å². The van der Waals surface area contributed by atoms with Gasteiger partial charge in [-0.25, -0.2) is 28.1 Å². The minimum atomic E-state index is -2.27. The van der Waals surface area contributed by atoms with Gasteiger partial charge in [-0.3, -0.25) is 14.7 Å². The number of hydrogen-bond donors (Lipinski definition) is 5. The number of carbonyl (C=O) groups excluding carboxylic acids is 1. The van der Waals surface area contributed by atoms with Crippen LogP contribution in [0.15, 0.2) is 18.3 Å². The number of aromatic amines is 1. The van der Waals surface area contributed by atoms with Crippen LogP contribution in [0.5, 0.6) is 11.5 Å². The van der Waals surface area contributed by atoms with E-state index in [0.29, 0.717) is 43.2 Å². The lowest BCUT2D eigenvalue weighted by atomic mass is 10.1. The number of carboxylic acid groups (broad SMARTS) is 2. The highest BCUT2D eigenvalue weighted by molar-refractivity contribution is 6.11. The Hall–Kier alpha value is -4.58. The van der Waals surface area contributed by atoms with Gasteiger partial charge in [0.1, 0.15) is 11.3 Å². The third kappa shape index (κ3) is 6.75. The van der Waals surface area contributed by atoms with Gasteiger partial charge in [0, 0.05) is 55.1 Å². The number of H-pyrrole nitrogens is 1. The number of carboxylic acids is 2. The highest BCUT2D eigenvalue weighted by atomic mass is 19.1. The smallest absolute Gasteiger partial charge is 0.335 e. The Kier molecular flexibility index (Phi) is 10.4. The summed E-state index contributed by atoms with van der Waals surface area (Å²) in [6.07, 6.45) is -2.89. The van der Waals surface area contributed by atoms with Crippen LogP contribution in [0.2, 0.25) is 0 Å². The third-order valence-corrected chi connectivity index (χ3v) is 7.26. The molecule has 2 aliphatic rings. The van der Waals surface area contributed by atoms with E-state index >= 15 is 8.78 Å². The molecule has 4 heterocycles. The number of hydrogen-bond acceptors (Lipinski definition) is 10. The summed E-state index contributed by atoms with van der Waals surface area (Å²) < 4.78 is 46.0. The summed E-state index contributed by atoms with van der Waals surface area (Å²) in [6, 6.07) is 2.57. The standard InChI is InChI=1S/C24H27F2N5O4.C4H6O6/c1-4-30-21-14(11-27-23-16(21)9-15(28-23)13-29-5-7-35-8-6-29)12-31(24(30)32)22-19(25)17(33-2)10-18(34-3)20(22)26;5-1(3(7)8)2(6)4(9)10/h9-11H,4-8,12-13H2,1-3H3,(H,27,28);1-2,5-6H,(H,7,8)(H,9,10)/t;1-,2-/m.1/s1. The number of benzene rings is 1. The second-order valence-corrected chi connectivity index (χ2v) is 10.0. The Bertz CT molecular complexity index is 1530. The van der Waals surface area contributed by atoms with Gasteiger partial charge in [0.05, 0.1) is 39.7 Å². The van der Waals surface area contributed by atoms with Gasteiger partial charge in [-0.1, -0.05) is 0 Å². The highest BCUT2D eigenvalue weighted by Gasteiger charge is 2.37. The average molecular weight is 638 g/mol. The van der Waals surface area contributed by atoms with Crippen molar-refractivity contribution in [2.24, 2.45) is 0 Å². The molecule has 5 rings (SSSR count). The van der Waals surface area contributed by atoms with Crippen molar-refractivity contribution in [1.82, 2.24) is 14.9 Å². The second kappa shape index (κ2) is 14.0. The molecule has 2 amide bonds. The molecule has 0 saturated carbocycles. The van der Waals surface area contributed by atoms with Crippen LogP contribution in [0.1, 0.15) is 18.2 Å². The number of methoxy groups -OCH3 is 2. The van der Waals surface area contributed by atoms with E-state index in [2.05, 4.69) is 14.9 Å². The average Bonchev–Trinajstić information content (AvgIpc) is 3.44. The number of carbonyl (C=O) groups is 3. The van der Waals surface area contributed by atoms with Crippen LogP contribution < -0.4 is 19.3 Å². The number of ether oxygens (including phenoxy) is 3. The molecule has 1 fully saturated rings. The van der Waals surface area contributed by atoms with Gasteiger partial charge < -0.3 is 39.6 Å². The molecule has 0 bridgehead atoms. The topological polar surface area (TPSA) is 198 Å². The van der Waals surface area contributed by atoms with E-state index in [9.17, 15) is 14.4 Å². The molecule has 3 aromatic rings. The van der Waals surface area contributed by atoms with Crippen molar-refractivity contribution in [2.45, 2.75) is 32.2 Å². The molecule has 0 spiro atoms. The number of amides is 2. The predicted octanol–water partition coefficient (Wildman–Crippen LogP) is 1.53. The van der Waals surface area contributed by atoms with E-state index in [0.717, 1.165) is 35.1 Å². The van der Waals surface area contributed by atoms with E-state index in [1.807, 2.05) is 13.0 Å². The number of morpholine rings is 1. The number of urea groups is 1. The number of anilines is 2. The predicted molar refractivity (Wildman–Crippen MR) is 154 cm³/mol. The Morgan fingerprint density at radius 3 is 2.11 bits per heavy atom. The lowest BCUT2D eigenvalue weighted by Crippen LogP contribution is -2.48. The number of aliphatic carboxylic acids is 2. The van der Waals surface area contributed by atoms with Gasteiger partial charge in [0.25, 0.3) is 0 Å². The Morgan fingerprint density at radius 1 is 1.02 bits per heavy atom. The number of aliphatic hydroxyl groups is 2. The molecule has 0 radical (unpaired) electrons. The van der Waals surface area contributed by atoms with Crippen LogP contribution in [0, 0.1) is 11.6 Å². The summed E-state index contributed by atoms with van der Waals surface area (Å²) in [4.78, 5) is 45.9. The molecule has 0 unspecified atom stereocenters. The van der Waals surface area contributed by atoms with Crippen molar-refractivity contribution in [3.63, 3.8) is 0 Å². The summed E-state index contributed by atoms with van der Waals surface area (Å²) in [7, 11) is 2.54. The van der Waals surface area contributed by atoms with E-state index in [4.69, 9.17) is 34.6 Å². The number of halogens is 2. The summed E-state index contributed by atoms with van der Waals surface area (Å²) in [5, 5.41) is 33.3. The minimum absolute atomic E-state index is 0.0538. The van der Waals surface area contributed by atoms with Crippen LogP contribution in [0.4, 0.5) is 25.0 Å². The first-order valence-corrected chi connectivity index (χ1v) is 13.7. The van der Waals surface area contributed by atoms with Crippen LogP contribution in [0.25, 0.3) is 11.0 Å². The van der Waals surface area contributed by atoms with Crippen LogP contribution >= 0.6 is 0 Å². The lowest BCUT2D eigenvalue weighted by Gasteiger charge is -2.37. The van der Waals surface area contributed by atoms with Crippen molar-refractivity contribution in [3.05, 3.63) is 41.2 Å². The maximum Gasteiger partial charge on any atom is 0.335 e. The zero-order chi connectivity index (χ0) is 33.0.